The van der Waals surface area contributed by atoms with Crippen LogP contribution in [0.2, 0.25) is 0 Å². The summed E-state index contributed by atoms with van der Waals surface area (Å²) < 4.78 is 0. The summed E-state index contributed by atoms with van der Waals surface area (Å²) in [7, 11) is 0. The van der Waals surface area contributed by atoms with Gasteiger partial charge in [0.2, 0.25) is 0 Å². The van der Waals surface area contributed by atoms with Gasteiger partial charge < -0.3 is 10.0 Å². The van der Waals surface area contributed by atoms with Crippen LogP contribution in [0.1, 0.15) is 64.5 Å². The molecule has 0 amide bonds. The number of phenols is 1. The maximum Gasteiger partial charge on any atom is 0.121 e. The summed E-state index contributed by atoms with van der Waals surface area (Å²) in [6, 6.07) is 4.02. The Morgan fingerprint density at radius 2 is 1.89 bits per heavy atom. The number of hydrogen-bond donors (Lipinski definition) is 1. The van der Waals surface area contributed by atoms with Gasteiger partial charge in [0, 0.05) is 23.3 Å². The summed E-state index contributed by atoms with van der Waals surface area (Å²) in [5.41, 5.74) is 4.15. The van der Waals surface area contributed by atoms with E-state index in [0.717, 1.165) is 18.5 Å². The lowest BCUT2D eigenvalue weighted by Gasteiger charge is -2.53. The minimum atomic E-state index is 0.0685. The molecule has 0 fully saturated rings. The number of aromatic hydroxyl groups is 1. The Labute approximate surface area is 116 Å². The molecule has 0 radical (unpaired) electrons. The van der Waals surface area contributed by atoms with Gasteiger partial charge in [-0.3, -0.25) is 0 Å². The van der Waals surface area contributed by atoms with E-state index in [9.17, 15) is 5.11 Å². The van der Waals surface area contributed by atoms with Crippen LogP contribution >= 0.6 is 0 Å². The Morgan fingerprint density at radius 3 is 2.58 bits per heavy atom. The number of benzene rings is 1. The van der Waals surface area contributed by atoms with Gasteiger partial charge in [-0.25, -0.2) is 0 Å². The molecule has 0 spiro atoms. The van der Waals surface area contributed by atoms with Crippen molar-refractivity contribution in [2.24, 2.45) is 0 Å². The quantitative estimate of drug-likeness (QED) is 0.756. The second-order valence-electron chi connectivity index (χ2n) is 7.60. The van der Waals surface area contributed by atoms with Crippen molar-refractivity contribution in [3.63, 3.8) is 0 Å². The fourth-order valence-electron chi connectivity index (χ4n) is 4.16. The number of anilines is 1. The third kappa shape index (κ3) is 1.69. The van der Waals surface area contributed by atoms with Crippen molar-refractivity contribution in [2.45, 2.75) is 64.3 Å². The maximum absolute atomic E-state index is 10.4. The number of nitrogens with zero attached hydrogens (tertiary/aromatic N) is 1. The molecule has 0 saturated heterocycles. The van der Waals surface area contributed by atoms with Crippen LogP contribution in [-0.2, 0) is 5.41 Å². The van der Waals surface area contributed by atoms with Crippen LogP contribution in [-0.4, -0.2) is 17.2 Å². The first-order chi connectivity index (χ1) is 8.74. The Balaban J connectivity index is 2.32. The van der Waals surface area contributed by atoms with E-state index >= 15 is 0 Å². The van der Waals surface area contributed by atoms with Crippen molar-refractivity contribution in [2.75, 3.05) is 11.4 Å². The maximum atomic E-state index is 10.4. The van der Waals surface area contributed by atoms with Crippen LogP contribution in [0.3, 0.4) is 0 Å². The van der Waals surface area contributed by atoms with Crippen LogP contribution in [0.15, 0.2) is 12.1 Å². The van der Waals surface area contributed by atoms with E-state index in [2.05, 4.69) is 45.6 Å². The van der Waals surface area contributed by atoms with Crippen molar-refractivity contribution < 1.29 is 5.11 Å². The van der Waals surface area contributed by atoms with Crippen molar-refractivity contribution in [1.29, 1.82) is 0 Å². The molecule has 0 saturated carbocycles. The van der Waals surface area contributed by atoms with Crippen LogP contribution < -0.4 is 4.90 Å². The fraction of sp³-hybridized carbons (Fsp3) is 0.647. The van der Waals surface area contributed by atoms with Crippen molar-refractivity contribution in [3.05, 3.63) is 23.3 Å². The van der Waals surface area contributed by atoms with Crippen LogP contribution in [0, 0.1) is 0 Å². The molecule has 1 aromatic carbocycles. The van der Waals surface area contributed by atoms with Crippen LogP contribution in [0.4, 0.5) is 5.69 Å². The lowest BCUT2D eigenvalue weighted by molar-refractivity contribution is 0.326. The first-order valence-corrected chi connectivity index (χ1v) is 7.38. The Bertz CT molecular complexity index is 530. The molecule has 2 aliphatic rings. The van der Waals surface area contributed by atoms with E-state index < -0.39 is 0 Å². The van der Waals surface area contributed by atoms with Gasteiger partial charge >= 0.3 is 0 Å². The molecular formula is C17H25NO. The lowest BCUT2D eigenvalue weighted by atomic mass is 9.70. The van der Waals surface area contributed by atoms with E-state index in [1.807, 2.05) is 6.07 Å². The molecule has 0 aliphatic carbocycles. The van der Waals surface area contributed by atoms with Gasteiger partial charge in [0.25, 0.3) is 0 Å². The zero-order chi connectivity index (χ0) is 14.0. The predicted octanol–water partition coefficient (Wildman–Crippen LogP) is 4.17. The number of rotatable bonds is 0. The average Bonchev–Trinajstić information content (AvgIpc) is 2.25. The lowest BCUT2D eigenvalue weighted by Crippen LogP contribution is -2.53. The summed E-state index contributed by atoms with van der Waals surface area (Å²) in [5.74, 6) is 1.04. The summed E-state index contributed by atoms with van der Waals surface area (Å²) >= 11 is 0. The van der Waals surface area contributed by atoms with Gasteiger partial charge in [0.05, 0.1) is 0 Å². The molecule has 1 unspecified atom stereocenters. The Kier molecular flexibility index (Phi) is 2.49. The average molecular weight is 259 g/mol. The second-order valence-corrected chi connectivity index (χ2v) is 7.60. The van der Waals surface area contributed by atoms with Gasteiger partial charge in [-0.15, -0.1) is 0 Å². The fourth-order valence-corrected chi connectivity index (χ4v) is 4.16. The van der Waals surface area contributed by atoms with Gasteiger partial charge in [0.1, 0.15) is 5.75 Å². The van der Waals surface area contributed by atoms with E-state index in [1.165, 1.54) is 17.7 Å². The molecule has 3 rings (SSSR count). The molecule has 1 atom stereocenters. The van der Waals surface area contributed by atoms with Gasteiger partial charge in [-0.2, -0.15) is 0 Å². The zero-order valence-electron chi connectivity index (χ0n) is 12.7. The summed E-state index contributed by atoms with van der Waals surface area (Å²) in [6.45, 7) is 12.6. The Hall–Kier alpha value is -1.18. The standard InChI is InChI=1S/C17H25NO/c1-11-10-17(4,5)18-9-8-16(2,3)14-13(19)7-6-12(11)15(14)18/h6-7,11,19H,8-10H2,1-5H3. The van der Waals surface area contributed by atoms with Crippen molar-refractivity contribution >= 4 is 5.69 Å². The summed E-state index contributed by atoms with van der Waals surface area (Å²) in [5, 5.41) is 10.4. The van der Waals surface area contributed by atoms with Crippen molar-refractivity contribution in [1.82, 2.24) is 0 Å². The smallest absolute Gasteiger partial charge is 0.121 e. The molecule has 1 aromatic rings. The highest BCUT2D eigenvalue weighted by atomic mass is 16.3. The van der Waals surface area contributed by atoms with Crippen LogP contribution in [0.5, 0.6) is 5.75 Å². The third-order valence-corrected chi connectivity index (χ3v) is 5.16. The highest BCUT2D eigenvalue weighted by Gasteiger charge is 2.44. The van der Waals surface area contributed by atoms with E-state index in [1.54, 1.807) is 0 Å². The first-order valence-electron chi connectivity index (χ1n) is 7.38. The van der Waals surface area contributed by atoms with Crippen LogP contribution in [0.25, 0.3) is 0 Å². The van der Waals surface area contributed by atoms with E-state index in [0.29, 0.717) is 11.7 Å². The topological polar surface area (TPSA) is 23.5 Å². The summed E-state index contributed by atoms with van der Waals surface area (Å²) in [4.78, 5) is 2.53. The molecule has 0 aromatic heterocycles. The molecule has 2 nitrogen and oxygen atoms in total. The highest BCUT2D eigenvalue weighted by Crippen LogP contribution is 2.53. The molecule has 2 heterocycles. The predicted molar refractivity (Wildman–Crippen MR) is 80.2 cm³/mol. The number of hydrogen-bond acceptors (Lipinski definition) is 2. The molecule has 104 valence electrons. The highest BCUT2D eigenvalue weighted by molar-refractivity contribution is 5.71. The largest absolute Gasteiger partial charge is 0.508 e. The van der Waals surface area contributed by atoms with Gasteiger partial charge in [0.15, 0.2) is 0 Å². The molecule has 0 bridgehead atoms. The molecule has 1 N–H and O–H groups in total. The SMILES string of the molecule is CC1CC(C)(C)N2CCC(C)(C)c3c(O)ccc1c32. The normalized spacial score (nSPS) is 27.0. The number of phenolic OH excluding ortho intramolecular Hbond substituents is 1. The minimum Gasteiger partial charge on any atom is -0.508 e. The summed E-state index contributed by atoms with van der Waals surface area (Å²) in [6.07, 6.45) is 2.29. The zero-order valence-corrected chi connectivity index (χ0v) is 12.7. The molecule has 2 aliphatic heterocycles. The van der Waals surface area contributed by atoms with Gasteiger partial charge in [-0.1, -0.05) is 26.8 Å². The molecular weight excluding hydrogens is 234 g/mol. The van der Waals surface area contributed by atoms with E-state index in [4.69, 9.17) is 0 Å². The molecule has 19 heavy (non-hydrogen) atoms. The third-order valence-electron chi connectivity index (χ3n) is 5.16. The molecule has 2 heteroatoms. The first kappa shape index (κ1) is 12.8. The monoisotopic (exact) mass is 259 g/mol. The van der Waals surface area contributed by atoms with E-state index in [-0.39, 0.29) is 11.0 Å². The Morgan fingerprint density at radius 1 is 1.21 bits per heavy atom. The second kappa shape index (κ2) is 3.68. The van der Waals surface area contributed by atoms with Gasteiger partial charge in [-0.05, 0) is 49.7 Å². The van der Waals surface area contributed by atoms with Crippen molar-refractivity contribution in [3.8, 4) is 5.75 Å². The minimum absolute atomic E-state index is 0.0685.